The lowest BCUT2D eigenvalue weighted by Gasteiger charge is -2.22. The molecular formula is C18H21N3O4. The van der Waals surface area contributed by atoms with Crippen molar-refractivity contribution in [2.24, 2.45) is 0 Å². The summed E-state index contributed by atoms with van der Waals surface area (Å²) in [5, 5.41) is 0. The number of benzene rings is 1. The van der Waals surface area contributed by atoms with Crippen LogP contribution >= 0.6 is 0 Å². The minimum atomic E-state index is -0.352. The number of nitrogens with zero attached hydrogens (tertiary/aromatic N) is 3. The summed E-state index contributed by atoms with van der Waals surface area (Å²) in [6, 6.07) is 8.54. The van der Waals surface area contributed by atoms with Crippen LogP contribution in [0.5, 0.6) is 5.75 Å². The maximum Gasteiger partial charge on any atom is 0.327 e. The lowest BCUT2D eigenvalue weighted by atomic mass is 10.2. The number of carbonyl (C=O) groups excluding carboxylic acids is 3. The van der Waals surface area contributed by atoms with E-state index in [1.807, 2.05) is 30.3 Å². The van der Waals surface area contributed by atoms with Crippen molar-refractivity contribution in [3.05, 3.63) is 30.3 Å². The molecule has 3 aliphatic rings. The molecule has 0 spiro atoms. The minimum Gasteiger partial charge on any atom is -0.492 e. The largest absolute Gasteiger partial charge is 0.492 e. The third-order valence-corrected chi connectivity index (χ3v) is 5.16. The Hall–Kier alpha value is -2.57. The maximum atomic E-state index is 12.5. The third kappa shape index (κ3) is 2.83. The van der Waals surface area contributed by atoms with Crippen molar-refractivity contribution in [3.8, 4) is 5.75 Å². The number of rotatable bonds is 5. The van der Waals surface area contributed by atoms with Gasteiger partial charge >= 0.3 is 6.03 Å². The van der Waals surface area contributed by atoms with Crippen LogP contribution in [0.25, 0.3) is 0 Å². The first-order valence-electron chi connectivity index (χ1n) is 8.74. The molecule has 3 heterocycles. The number of fused-ring (bicyclic) bond motifs is 1. The van der Waals surface area contributed by atoms with Crippen LogP contribution in [0.1, 0.15) is 19.3 Å². The highest BCUT2D eigenvalue weighted by molar-refractivity contribution is 6.05. The van der Waals surface area contributed by atoms with Crippen molar-refractivity contribution in [2.75, 3.05) is 26.2 Å². The molecule has 3 fully saturated rings. The smallest absolute Gasteiger partial charge is 0.327 e. The van der Waals surface area contributed by atoms with Gasteiger partial charge in [-0.15, -0.1) is 0 Å². The van der Waals surface area contributed by atoms with Gasteiger partial charge in [0.2, 0.25) is 5.91 Å². The fraction of sp³-hybridized carbons (Fsp3) is 0.500. The van der Waals surface area contributed by atoms with Gasteiger partial charge < -0.3 is 14.5 Å². The van der Waals surface area contributed by atoms with Gasteiger partial charge in [0.05, 0.1) is 12.6 Å². The molecule has 4 rings (SSSR count). The van der Waals surface area contributed by atoms with E-state index in [1.54, 1.807) is 9.80 Å². The number of para-hydroxylation sites is 1. The Balaban J connectivity index is 1.34. The number of urea groups is 1. The first kappa shape index (κ1) is 15.9. The van der Waals surface area contributed by atoms with Gasteiger partial charge in [-0.05, 0) is 25.0 Å². The highest BCUT2D eigenvalue weighted by atomic mass is 16.5. The summed E-state index contributed by atoms with van der Waals surface area (Å²) in [6.45, 7) is 1.88. The number of hydrogen-bond donors (Lipinski definition) is 0. The van der Waals surface area contributed by atoms with E-state index in [4.69, 9.17) is 4.74 Å². The number of carbonyl (C=O) groups is 3. The average molecular weight is 343 g/mol. The van der Waals surface area contributed by atoms with Crippen molar-refractivity contribution < 1.29 is 19.1 Å². The van der Waals surface area contributed by atoms with Crippen molar-refractivity contribution >= 4 is 17.8 Å². The summed E-state index contributed by atoms with van der Waals surface area (Å²) in [5.74, 6) is 0.591. The Morgan fingerprint density at radius 3 is 2.68 bits per heavy atom. The average Bonchev–Trinajstić information content (AvgIpc) is 3.28. The van der Waals surface area contributed by atoms with Gasteiger partial charge in [0.15, 0.2) is 0 Å². The summed E-state index contributed by atoms with van der Waals surface area (Å²) < 4.78 is 5.63. The number of ether oxygens (including phenoxy) is 1. The lowest BCUT2D eigenvalue weighted by molar-refractivity contribution is -0.129. The van der Waals surface area contributed by atoms with E-state index in [2.05, 4.69) is 0 Å². The zero-order valence-electron chi connectivity index (χ0n) is 14.0. The first-order chi connectivity index (χ1) is 12.1. The van der Waals surface area contributed by atoms with Crippen LogP contribution < -0.4 is 4.74 Å². The molecule has 1 aromatic carbocycles. The zero-order valence-corrected chi connectivity index (χ0v) is 14.0. The minimum absolute atomic E-state index is 0.0330. The molecule has 7 heteroatoms. The molecule has 3 saturated heterocycles. The van der Waals surface area contributed by atoms with E-state index in [0.717, 1.165) is 18.6 Å². The second-order valence-corrected chi connectivity index (χ2v) is 6.70. The van der Waals surface area contributed by atoms with Crippen molar-refractivity contribution in [3.63, 3.8) is 0 Å². The van der Waals surface area contributed by atoms with Crippen LogP contribution in [0.3, 0.4) is 0 Å². The number of imide groups is 1. The van der Waals surface area contributed by atoms with Crippen LogP contribution in [0, 0.1) is 0 Å². The van der Waals surface area contributed by atoms with Gasteiger partial charge in [-0.2, -0.15) is 0 Å². The Labute approximate surface area is 146 Å². The van der Waals surface area contributed by atoms with Gasteiger partial charge in [0.1, 0.15) is 18.4 Å². The molecule has 0 bridgehead atoms. The lowest BCUT2D eigenvalue weighted by Crippen LogP contribution is -2.43. The Morgan fingerprint density at radius 1 is 1.12 bits per heavy atom. The zero-order chi connectivity index (χ0) is 17.4. The number of likely N-dealkylation sites (tertiary alicyclic amines) is 1. The molecule has 132 valence electrons. The van der Waals surface area contributed by atoms with Crippen LogP contribution in [0.15, 0.2) is 30.3 Å². The molecule has 0 aromatic heterocycles. The molecular weight excluding hydrogens is 322 g/mol. The van der Waals surface area contributed by atoms with Crippen LogP contribution in [-0.4, -0.2) is 70.9 Å². The van der Waals surface area contributed by atoms with E-state index in [9.17, 15) is 14.4 Å². The predicted molar refractivity (Wildman–Crippen MR) is 88.9 cm³/mol. The molecule has 7 nitrogen and oxygen atoms in total. The molecule has 25 heavy (non-hydrogen) atoms. The van der Waals surface area contributed by atoms with Gasteiger partial charge in [-0.1, -0.05) is 18.2 Å². The predicted octanol–water partition coefficient (Wildman–Crippen LogP) is 1.09. The Morgan fingerprint density at radius 2 is 1.92 bits per heavy atom. The van der Waals surface area contributed by atoms with Gasteiger partial charge in [-0.25, -0.2) is 4.79 Å². The topological polar surface area (TPSA) is 70.2 Å². The van der Waals surface area contributed by atoms with Crippen LogP contribution in [-0.2, 0) is 9.59 Å². The van der Waals surface area contributed by atoms with Crippen LogP contribution in [0.4, 0.5) is 4.79 Å². The monoisotopic (exact) mass is 343 g/mol. The van der Waals surface area contributed by atoms with Crippen molar-refractivity contribution in [2.45, 2.75) is 31.3 Å². The summed E-state index contributed by atoms with van der Waals surface area (Å²) in [5.41, 5.74) is 0. The number of amides is 4. The van der Waals surface area contributed by atoms with Gasteiger partial charge in [0.25, 0.3) is 5.91 Å². The van der Waals surface area contributed by atoms with E-state index < -0.39 is 0 Å². The van der Waals surface area contributed by atoms with E-state index >= 15 is 0 Å². The Kier molecular flexibility index (Phi) is 4.07. The van der Waals surface area contributed by atoms with E-state index in [1.165, 1.54) is 4.90 Å². The van der Waals surface area contributed by atoms with Crippen LogP contribution in [0.2, 0.25) is 0 Å². The maximum absolute atomic E-state index is 12.5. The number of hydrogen-bond acceptors (Lipinski definition) is 4. The molecule has 2 atom stereocenters. The molecule has 0 saturated carbocycles. The summed E-state index contributed by atoms with van der Waals surface area (Å²) in [6.07, 6.45) is 1.82. The molecule has 1 unspecified atom stereocenters. The van der Waals surface area contributed by atoms with Gasteiger partial charge in [0, 0.05) is 19.5 Å². The fourth-order valence-corrected chi connectivity index (χ4v) is 3.91. The molecule has 3 aliphatic heterocycles. The van der Waals surface area contributed by atoms with Gasteiger partial charge in [-0.3, -0.25) is 14.5 Å². The molecule has 0 aliphatic carbocycles. The highest BCUT2D eigenvalue weighted by Crippen LogP contribution is 2.31. The van der Waals surface area contributed by atoms with Crippen molar-refractivity contribution in [1.29, 1.82) is 0 Å². The van der Waals surface area contributed by atoms with E-state index in [0.29, 0.717) is 26.2 Å². The van der Waals surface area contributed by atoms with E-state index in [-0.39, 0.29) is 36.3 Å². The summed E-state index contributed by atoms with van der Waals surface area (Å²) in [4.78, 5) is 41.9. The summed E-state index contributed by atoms with van der Waals surface area (Å²) >= 11 is 0. The van der Waals surface area contributed by atoms with Crippen molar-refractivity contribution in [1.82, 2.24) is 14.7 Å². The standard InChI is InChI=1S/C18H21N3O4/c22-16-11-13(21-17(23)15-7-4-8-20(15)18(21)24)12-19(16)9-10-25-14-5-2-1-3-6-14/h1-3,5-6,13,15H,4,7-12H2/t13?,15-/m0/s1. The molecule has 0 radical (unpaired) electrons. The molecule has 4 amide bonds. The molecule has 0 N–H and O–H groups in total. The second-order valence-electron chi connectivity index (χ2n) is 6.70. The third-order valence-electron chi connectivity index (χ3n) is 5.16. The second kappa shape index (κ2) is 6.38. The Bertz CT molecular complexity index is 671. The summed E-state index contributed by atoms with van der Waals surface area (Å²) in [7, 11) is 0. The quantitative estimate of drug-likeness (QED) is 0.751. The fourth-order valence-electron chi connectivity index (χ4n) is 3.91. The highest BCUT2D eigenvalue weighted by Gasteiger charge is 2.51. The normalized spacial score (nSPS) is 25.9. The molecule has 1 aromatic rings. The SMILES string of the molecule is O=C1CC(N2C(=O)[C@@H]3CCCN3C2=O)CN1CCOc1ccccc1. The first-order valence-corrected chi connectivity index (χ1v) is 8.74.